The van der Waals surface area contributed by atoms with Crippen molar-refractivity contribution in [3.05, 3.63) is 0 Å². The minimum atomic E-state index is 0.273. The normalized spacial score (nSPS) is 12.5. The predicted molar refractivity (Wildman–Crippen MR) is 53.5 cm³/mol. The number of hydrogen-bond donors (Lipinski definition) is 2. The van der Waals surface area contributed by atoms with Gasteiger partial charge >= 0.3 is 0 Å². The van der Waals surface area contributed by atoms with E-state index < -0.39 is 0 Å². The van der Waals surface area contributed by atoms with Crippen molar-refractivity contribution in [3.8, 4) is 0 Å². The van der Waals surface area contributed by atoms with E-state index >= 15 is 0 Å². The third kappa shape index (κ3) is 25.5. The Morgan fingerprint density at radius 3 is 1.73 bits per heavy atom. The molecule has 0 amide bonds. The Balaban J connectivity index is 0. The van der Waals surface area contributed by atoms with Crippen LogP contribution in [0.4, 0.5) is 0 Å². The number of nitrogens with two attached hydrogens (primary N) is 2. The molecule has 0 aliphatic rings. The van der Waals surface area contributed by atoms with Gasteiger partial charge in [-0.25, -0.2) is 0 Å². The Bertz CT molecular complexity index is 69.5. The zero-order chi connectivity index (χ0) is 9.28. The molecule has 1 atom stereocenters. The fourth-order valence-corrected chi connectivity index (χ4v) is 0.263. The average Bonchev–Trinajstić information content (AvgIpc) is 1.89. The van der Waals surface area contributed by atoms with E-state index in [9.17, 15) is 0 Å². The van der Waals surface area contributed by atoms with Gasteiger partial charge < -0.3 is 15.9 Å². The Hall–Kier alpha value is 0.0969. The van der Waals surface area contributed by atoms with Crippen molar-refractivity contribution < 1.29 is 4.43 Å². The zero-order valence-corrected chi connectivity index (χ0v) is 10.1. The first-order chi connectivity index (χ1) is 5.04. The Labute approximate surface area is 73.0 Å². The lowest BCUT2D eigenvalue weighted by Crippen LogP contribution is -2.18. The summed E-state index contributed by atoms with van der Waals surface area (Å²) in [6, 6.07) is 0.273. The number of rotatable bonds is 3. The quantitative estimate of drug-likeness (QED) is 0.566. The predicted octanol–water partition coefficient (Wildman–Crippen LogP) is -0.626. The van der Waals surface area contributed by atoms with Crippen molar-refractivity contribution in [2.75, 3.05) is 6.54 Å². The van der Waals surface area contributed by atoms with E-state index in [2.05, 4.69) is 0 Å². The molecular formula is C7H22N2OSi. The molecule has 70 valence electrons. The summed E-state index contributed by atoms with van der Waals surface area (Å²) in [5.41, 5.74) is 10.5. The fourth-order valence-electron chi connectivity index (χ4n) is 0.263. The zero-order valence-electron chi connectivity index (χ0n) is 8.13. The molecule has 0 heterocycles. The molecule has 0 fully saturated rings. The van der Waals surface area contributed by atoms with Crippen LogP contribution in [0.25, 0.3) is 0 Å². The van der Waals surface area contributed by atoms with Gasteiger partial charge in [0, 0.05) is 12.1 Å². The van der Waals surface area contributed by atoms with Gasteiger partial charge in [0.25, 0.3) is 0 Å². The molecule has 0 aliphatic heterocycles. The van der Waals surface area contributed by atoms with Crippen molar-refractivity contribution in [2.45, 2.75) is 39.3 Å². The fraction of sp³-hybridized carbons (Fsp3) is 1.00. The van der Waals surface area contributed by atoms with Crippen LogP contribution in [0.5, 0.6) is 0 Å². The summed E-state index contributed by atoms with van der Waals surface area (Å²) in [5.74, 6) is 0. The maximum Gasteiger partial charge on any atom is 0.146 e. The van der Waals surface area contributed by atoms with Gasteiger partial charge in [-0.1, -0.05) is 0 Å². The van der Waals surface area contributed by atoms with E-state index in [0.717, 1.165) is 16.9 Å². The lowest BCUT2D eigenvalue weighted by Gasteiger charge is -1.96. The largest absolute Gasteiger partial charge is 0.426 e. The number of hydrogen-bond acceptors (Lipinski definition) is 3. The van der Waals surface area contributed by atoms with Crippen molar-refractivity contribution in [1.29, 1.82) is 0 Å². The van der Waals surface area contributed by atoms with Crippen LogP contribution in [-0.2, 0) is 4.43 Å². The second-order valence-corrected chi connectivity index (χ2v) is 3.31. The summed E-state index contributed by atoms with van der Waals surface area (Å²) < 4.78 is 4.89. The second-order valence-electron chi connectivity index (χ2n) is 2.84. The maximum atomic E-state index is 5.32. The van der Waals surface area contributed by atoms with Gasteiger partial charge in [0.2, 0.25) is 0 Å². The van der Waals surface area contributed by atoms with E-state index in [1.807, 2.05) is 20.8 Å². The molecule has 4 heteroatoms. The molecule has 0 aromatic rings. The van der Waals surface area contributed by atoms with E-state index in [1.165, 1.54) is 0 Å². The van der Waals surface area contributed by atoms with Crippen molar-refractivity contribution in [3.63, 3.8) is 0 Å². The highest BCUT2D eigenvalue weighted by molar-refractivity contribution is 5.98. The van der Waals surface area contributed by atoms with Gasteiger partial charge in [0.15, 0.2) is 0 Å². The highest BCUT2D eigenvalue weighted by Gasteiger charge is 1.85. The van der Waals surface area contributed by atoms with Crippen LogP contribution in [0.1, 0.15) is 27.2 Å². The molecule has 0 aliphatic carbocycles. The summed E-state index contributed by atoms with van der Waals surface area (Å²) in [5, 5.41) is 0. The smallest absolute Gasteiger partial charge is 0.146 e. The summed E-state index contributed by atoms with van der Waals surface area (Å²) in [4.78, 5) is 0. The van der Waals surface area contributed by atoms with Crippen LogP contribution in [0, 0.1) is 0 Å². The minimum Gasteiger partial charge on any atom is -0.426 e. The monoisotopic (exact) mass is 178 g/mol. The summed E-state index contributed by atoms with van der Waals surface area (Å²) >= 11 is 0. The van der Waals surface area contributed by atoms with E-state index in [4.69, 9.17) is 15.9 Å². The molecule has 0 radical (unpaired) electrons. The van der Waals surface area contributed by atoms with Gasteiger partial charge in [-0.05, 0) is 33.7 Å². The minimum absolute atomic E-state index is 0.273. The molecule has 1 unspecified atom stereocenters. The van der Waals surface area contributed by atoms with E-state index in [-0.39, 0.29) is 6.04 Å². The molecule has 0 saturated heterocycles. The first-order valence-corrected chi connectivity index (χ1v) is 4.84. The molecule has 0 rings (SSSR count). The lowest BCUT2D eigenvalue weighted by atomic mass is 10.3. The first kappa shape index (κ1) is 13.7. The van der Waals surface area contributed by atoms with Crippen molar-refractivity contribution >= 4 is 10.5 Å². The van der Waals surface area contributed by atoms with E-state index in [0.29, 0.717) is 12.6 Å². The molecular weight excluding hydrogens is 156 g/mol. The molecule has 4 N–H and O–H groups in total. The third-order valence-corrected chi connectivity index (χ3v) is 2.04. The second kappa shape index (κ2) is 10.1. The van der Waals surface area contributed by atoms with Gasteiger partial charge in [0.1, 0.15) is 10.5 Å². The van der Waals surface area contributed by atoms with Crippen LogP contribution in [0.2, 0.25) is 0 Å². The van der Waals surface area contributed by atoms with Crippen LogP contribution < -0.4 is 11.5 Å². The van der Waals surface area contributed by atoms with Gasteiger partial charge in [-0.2, -0.15) is 0 Å². The molecule has 3 nitrogen and oxygen atoms in total. The van der Waals surface area contributed by atoms with Crippen molar-refractivity contribution in [2.24, 2.45) is 11.5 Å². The van der Waals surface area contributed by atoms with Gasteiger partial charge in [0.05, 0.1) is 0 Å². The van der Waals surface area contributed by atoms with Crippen LogP contribution >= 0.6 is 0 Å². The maximum absolute atomic E-state index is 5.32. The molecule has 0 bridgehead atoms. The first-order valence-electron chi connectivity index (χ1n) is 4.03. The molecule has 0 aromatic heterocycles. The summed E-state index contributed by atoms with van der Waals surface area (Å²) in [6.07, 6.45) is 1.38. The van der Waals surface area contributed by atoms with Crippen LogP contribution in [0.3, 0.4) is 0 Å². The van der Waals surface area contributed by atoms with Crippen LogP contribution in [0.15, 0.2) is 0 Å². The Morgan fingerprint density at radius 1 is 1.36 bits per heavy atom. The SMILES string of the molecule is CC(C)O[SiH3].CC(N)CCN. The standard InChI is InChI=1S/C4H12N2.C3H10OSi/c1-4(6)2-3-5;1-3(2)4-5/h4H,2-3,5-6H2,1H3;3H,1-2,5H3. The molecule has 0 saturated carbocycles. The highest BCUT2D eigenvalue weighted by Crippen LogP contribution is 1.77. The van der Waals surface area contributed by atoms with Gasteiger partial charge in [-0.3, -0.25) is 0 Å². The molecule has 11 heavy (non-hydrogen) atoms. The Kier molecular flexibility index (Phi) is 12.5. The molecule has 0 aromatic carbocycles. The van der Waals surface area contributed by atoms with Crippen molar-refractivity contribution in [1.82, 2.24) is 0 Å². The third-order valence-electron chi connectivity index (χ3n) is 1.09. The summed E-state index contributed by atoms with van der Waals surface area (Å²) in [7, 11) is 0.873. The molecule has 0 spiro atoms. The highest BCUT2D eigenvalue weighted by atomic mass is 28.2. The lowest BCUT2D eigenvalue weighted by molar-refractivity contribution is 0.267. The summed E-state index contributed by atoms with van der Waals surface area (Å²) in [6.45, 7) is 6.73. The topological polar surface area (TPSA) is 61.3 Å². The van der Waals surface area contributed by atoms with Crippen LogP contribution in [-0.4, -0.2) is 29.2 Å². The van der Waals surface area contributed by atoms with E-state index in [1.54, 1.807) is 0 Å². The van der Waals surface area contributed by atoms with Gasteiger partial charge in [-0.15, -0.1) is 0 Å². The Morgan fingerprint density at radius 2 is 1.73 bits per heavy atom. The average molecular weight is 178 g/mol.